The third kappa shape index (κ3) is 4.34. The fraction of sp³-hybridized carbons (Fsp3) is 1.00. The molecule has 0 rings (SSSR count). The van der Waals surface area contributed by atoms with Gasteiger partial charge in [-0.3, -0.25) is 0 Å². The van der Waals surface area contributed by atoms with Crippen molar-refractivity contribution < 1.29 is 13.5 Å². The molecule has 0 aromatic carbocycles. The predicted octanol–water partition coefficient (Wildman–Crippen LogP) is -0.351. The van der Waals surface area contributed by atoms with Gasteiger partial charge in [0.15, 0.2) is 0 Å². The summed E-state index contributed by atoms with van der Waals surface area (Å²) < 4.78 is 23.3. The lowest BCUT2D eigenvalue weighted by molar-refractivity contribution is 0.191. The lowest BCUT2D eigenvalue weighted by Gasteiger charge is -2.11. The van der Waals surface area contributed by atoms with Gasteiger partial charge >= 0.3 is 0 Å². The largest absolute Gasteiger partial charge is 0.393 e. The van der Waals surface area contributed by atoms with E-state index in [-0.39, 0.29) is 5.75 Å². The van der Waals surface area contributed by atoms with Gasteiger partial charge in [-0.1, -0.05) is 0 Å². The van der Waals surface area contributed by atoms with Crippen LogP contribution in [0.1, 0.15) is 13.3 Å². The van der Waals surface area contributed by atoms with Crippen LogP contribution in [-0.4, -0.2) is 43.8 Å². The molecule has 11 heavy (non-hydrogen) atoms. The van der Waals surface area contributed by atoms with Gasteiger partial charge in [-0.25, -0.2) is 12.7 Å². The smallest absolute Gasteiger partial charge is 0.213 e. The van der Waals surface area contributed by atoms with Crippen LogP contribution in [-0.2, 0) is 10.0 Å². The van der Waals surface area contributed by atoms with Crippen molar-refractivity contribution in [1.29, 1.82) is 0 Å². The normalized spacial score (nSPS) is 15.4. The number of aliphatic hydroxyl groups is 1. The first-order valence-electron chi connectivity index (χ1n) is 3.44. The van der Waals surface area contributed by atoms with Crippen LogP contribution in [0.3, 0.4) is 0 Å². The minimum Gasteiger partial charge on any atom is -0.393 e. The Hall–Kier alpha value is -0.130. The number of hydrogen-bond donors (Lipinski definition) is 1. The zero-order chi connectivity index (χ0) is 9.07. The molecule has 68 valence electrons. The van der Waals surface area contributed by atoms with E-state index in [0.29, 0.717) is 6.42 Å². The second kappa shape index (κ2) is 4.04. The highest BCUT2D eigenvalue weighted by atomic mass is 32.2. The lowest BCUT2D eigenvalue weighted by Crippen LogP contribution is -2.26. The molecule has 0 aromatic heterocycles. The third-order valence-corrected chi connectivity index (χ3v) is 3.21. The fourth-order valence-corrected chi connectivity index (χ4v) is 1.51. The molecule has 0 amide bonds. The molecule has 4 nitrogen and oxygen atoms in total. The molecule has 0 heterocycles. The second-order valence-corrected chi connectivity index (χ2v) is 5.04. The highest BCUT2D eigenvalue weighted by molar-refractivity contribution is 7.89. The molecule has 0 spiro atoms. The molecule has 0 radical (unpaired) electrons. The molecule has 0 saturated carbocycles. The van der Waals surface area contributed by atoms with Crippen molar-refractivity contribution in [2.45, 2.75) is 19.4 Å². The molecule has 0 bridgehead atoms. The second-order valence-electron chi connectivity index (χ2n) is 2.74. The van der Waals surface area contributed by atoms with E-state index < -0.39 is 16.1 Å². The molecule has 0 aromatic rings. The van der Waals surface area contributed by atoms with Crippen LogP contribution in [0.5, 0.6) is 0 Å². The van der Waals surface area contributed by atoms with E-state index in [1.54, 1.807) is 6.92 Å². The number of sulfonamides is 1. The summed E-state index contributed by atoms with van der Waals surface area (Å²) in [4.78, 5) is 0. The first-order chi connectivity index (χ1) is 4.86. The van der Waals surface area contributed by atoms with Gasteiger partial charge in [0.25, 0.3) is 0 Å². The summed E-state index contributed by atoms with van der Waals surface area (Å²) in [6.07, 6.45) is -0.259. The van der Waals surface area contributed by atoms with E-state index in [2.05, 4.69) is 0 Å². The van der Waals surface area contributed by atoms with Crippen molar-refractivity contribution in [3.8, 4) is 0 Å². The first kappa shape index (κ1) is 10.9. The Labute approximate surface area is 67.9 Å². The average molecular weight is 181 g/mol. The number of nitrogens with zero attached hydrogens (tertiary/aromatic N) is 1. The van der Waals surface area contributed by atoms with E-state index in [0.717, 1.165) is 4.31 Å². The standard InChI is InChI=1S/C6H15NO3S/c1-6(8)4-5-11(9,10)7(2)3/h6,8H,4-5H2,1-3H3. The monoisotopic (exact) mass is 181 g/mol. The molecule has 1 N–H and O–H groups in total. The maximum Gasteiger partial charge on any atom is 0.213 e. The highest BCUT2D eigenvalue weighted by Crippen LogP contribution is 1.99. The summed E-state index contributed by atoms with van der Waals surface area (Å²) in [5.41, 5.74) is 0. The zero-order valence-corrected chi connectivity index (χ0v) is 7.93. The number of rotatable bonds is 4. The Kier molecular flexibility index (Phi) is 3.99. The third-order valence-electron chi connectivity index (χ3n) is 1.35. The summed E-state index contributed by atoms with van der Waals surface area (Å²) in [6, 6.07) is 0. The van der Waals surface area contributed by atoms with Gasteiger partial charge in [0.05, 0.1) is 11.9 Å². The Bertz CT molecular complexity index is 196. The minimum absolute atomic E-state index is 0.0116. The van der Waals surface area contributed by atoms with Crippen LogP contribution in [0.4, 0.5) is 0 Å². The SMILES string of the molecule is CC(O)CCS(=O)(=O)N(C)C. The molecule has 1 unspecified atom stereocenters. The summed E-state index contributed by atoms with van der Waals surface area (Å²) >= 11 is 0. The van der Waals surface area contributed by atoms with Crippen molar-refractivity contribution in [1.82, 2.24) is 4.31 Å². The molecule has 0 saturated heterocycles. The Morgan fingerprint density at radius 2 is 1.91 bits per heavy atom. The van der Waals surface area contributed by atoms with E-state index in [1.807, 2.05) is 0 Å². The van der Waals surface area contributed by atoms with Gasteiger partial charge in [0.1, 0.15) is 0 Å². The van der Waals surface area contributed by atoms with Crippen LogP contribution in [0.25, 0.3) is 0 Å². The first-order valence-corrected chi connectivity index (χ1v) is 5.05. The number of hydrogen-bond acceptors (Lipinski definition) is 3. The van der Waals surface area contributed by atoms with Crippen LogP contribution in [0.15, 0.2) is 0 Å². The van der Waals surface area contributed by atoms with Crippen LogP contribution in [0, 0.1) is 0 Å². The van der Waals surface area contributed by atoms with Gasteiger partial charge in [-0.15, -0.1) is 0 Å². The highest BCUT2D eigenvalue weighted by Gasteiger charge is 2.13. The maximum atomic E-state index is 11.0. The average Bonchev–Trinajstić information content (AvgIpc) is 1.84. The van der Waals surface area contributed by atoms with Crippen molar-refractivity contribution >= 4 is 10.0 Å². The Morgan fingerprint density at radius 1 is 1.45 bits per heavy atom. The maximum absolute atomic E-state index is 11.0. The Balaban J connectivity index is 3.95. The van der Waals surface area contributed by atoms with Gasteiger partial charge in [-0.2, -0.15) is 0 Å². The Morgan fingerprint density at radius 3 is 2.18 bits per heavy atom. The summed E-state index contributed by atoms with van der Waals surface area (Å²) in [5, 5.41) is 8.81. The van der Waals surface area contributed by atoms with Gasteiger partial charge in [0, 0.05) is 14.1 Å². The van der Waals surface area contributed by atoms with E-state index in [1.165, 1.54) is 14.1 Å². The van der Waals surface area contributed by atoms with Crippen molar-refractivity contribution in [2.75, 3.05) is 19.8 Å². The summed E-state index contributed by atoms with van der Waals surface area (Å²) in [6.45, 7) is 1.57. The molecular formula is C6H15NO3S. The number of aliphatic hydroxyl groups excluding tert-OH is 1. The van der Waals surface area contributed by atoms with Crippen LogP contribution >= 0.6 is 0 Å². The van der Waals surface area contributed by atoms with E-state index in [9.17, 15) is 8.42 Å². The minimum atomic E-state index is -3.12. The molecule has 0 aliphatic rings. The van der Waals surface area contributed by atoms with Gasteiger partial charge < -0.3 is 5.11 Å². The molecule has 1 atom stereocenters. The fourth-order valence-electron chi connectivity index (χ4n) is 0.502. The molecule has 0 aliphatic carbocycles. The molecule has 5 heteroatoms. The zero-order valence-electron chi connectivity index (χ0n) is 7.11. The van der Waals surface area contributed by atoms with E-state index >= 15 is 0 Å². The van der Waals surface area contributed by atoms with Gasteiger partial charge in [0.2, 0.25) is 10.0 Å². The molecule has 0 aliphatic heterocycles. The van der Waals surface area contributed by atoms with E-state index in [4.69, 9.17) is 5.11 Å². The van der Waals surface area contributed by atoms with Crippen molar-refractivity contribution in [2.24, 2.45) is 0 Å². The van der Waals surface area contributed by atoms with Crippen molar-refractivity contribution in [3.63, 3.8) is 0 Å². The van der Waals surface area contributed by atoms with Gasteiger partial charge in [-0.05, 0) is 13.3 Å². The summed E-state index contributed by atoms with van der Waals surface area (Å²) in [7, 11) is -0.153. The topological polar surface area (TPSA) is 57.6 Å². The molecular weight excluding hydrogens is 166 g/mol. The molecule has 0 fully saturated rings. The quantitative estimate of drug-likeness (QED) is 0.645. The van der Waals surface area contributed by atoms with Crippen LogP contribution in [0.2, 0.25) is 0 Å². The van der Waals surface area contributed by atoms with Crippen molar-refractivity contribution in [3.05, 3.63) is 0 Å². The lowest BCUT2D eigenvalue weighted by atomic mass is 10.3. The summed E-state index contributed by atoms with van der Waals surface area (Å²) in [5.74, 6) is 0.0116. The van der Waals surface area contributed by atoms with Crippen LogP contribution < -0.4 is 0 Å². The predicted molar refractivity (Wildman–Crippen MR) is 43.8 cm³/mol.